The second kappa shape index (κ2) is 14.1. The van der Waals surface area contributed by atoms with Crippen LogP contribution in [0, 0.1) is 0 Å². The zero-order valence-corrected chi connectivity index (χ0v) is 19.1. The molecule has 1 heterocycles. The van der Waals surface area contributed by atoms with Gasteiger partial charge in [0, 0.05) is 33.7 Å². The van der Waals surface area contributed by atoms with E-state index in [0.29, 0.717) is 0 Å². The van der Waals surface area contributed by atoms with E-state index in [1.165, 1.54) is 7.11 Å². The number of aliphatic hydroxyl groups excluding tert-OH is 2. The number of esters is 1. The van der Waals surface area contributed by atoms with E-state index >= 15 is 0 Å². The molecule has 1 saturated heterocycles. The maximum atomic E-state index is 11.8. The number of hydrogen-bond acceptors (Lipinski definition) is 12. The molecule has 196 valence electrons. The Bertz CT molecular complexity index is 959. The lowest BCUT2D eigenvalue weighted by molar-refractivity contribution is -0.295. The monoisotopic (exact) mass is 512 g/mol. The van der Waals surface area contributed by atoms with Crippen molar-refractivity contribution in [3.63, 3.8) is 0 Å². The van der Waals surface area contributed by atoms with Crippen LogP contribution in [0.15, 0.2) is 20.5 Å². The fraction of sp³-hybridized carbons (Fsp3) is 0.938. The van der Waals surface area contributed by atoms with Gasteiger partial charge in [-0.25, -0.2) is 0 Å². The van der Waals surface area contributed by atoms with Crippen LogP contribution in [0.5, 0.6) is 0 Å². The molecule has 2 fully saturated rings. The van der Waals surface area contributed by atoms with E-state index in [1.54, 1.807) is 0 Å². The summed E-state index contributed by atoms with van der Waals surface area (Å²) in [5.74, 6) is -0.737. The maximum Gasteiger partial charge on any atom is 0.303 e. The summed E-state index contributed by atoms with van der Waals surface area (Å²) in [7, 11) is 1.31. The Hall–Kier alpha value is -3.53. The van der Waals surface area contributed by atoms with Gasteiger partial charge < -0.3 is 33.9 Å². The van der Waals surface area contributed by atoms with E-state index in [0.717, 1.165) is 6.92 Å². The van der Waals surface area contributed by atoms with Crippen LogP contribution in [0.2, 0.25) is 0 Å². The van der Waals surface area contributed by atoms with Gasteiger partial charge in [0.05, 0.1) is 36.9 Å². The molecule has 20 nitrogen and oxygen atoms in total. The quantitative estimate of drug-likeness (QED) is 0.134. The fourth-order valence-corrected chi connectivity index (χ4v) is 3.97. The summed E-state index contributed by atoms with van der Waals surface area (Å²) >= 11 is 0. The van der Waals surface area contributed by atoms with E-state index in [-0.39, 0.29) is 13.2 Å². The summed E-state index contributed by atoms with van der Waals surface area (Å²) in [4.78, 5) is 22.6. The topological polar surface area (TPSA) is 299 Å². The SMILES string of the molecule is COCO[C@@H]1[C@@H](OC(C)=O)[C@H](N=[N+]=[N-])C[C@H](N=[N+]=[N-])[C@H]1O[C@H]1O[C@H](CN=[N+]=[N-])[C@@H](O)[C@H](O)[C@H]1N=[N+]=[N-]. The van der Waals surface area contributed by atoms with Crippen LogP contribution in [-0.4, -0.2) is 97.7 Å². The molecule has 0 unspecified atom stereocenters. The van der Waals surface area contributed by atoms with Gasteiger partial charge in [-0.3, -0.25) is 4.79 Å². The predicted molar refractivity (Wildman–Crippen MR) is 115 cm³/mol. The highest BCUT2D eigenvalue weighted by atomic mass is 16.7. The Balaban J connectivity index is 2.52. The number of nitrogens with zero attached hydrogens (tertiary/aromatic N) is 12. The van der Waals surface area contributed by atoms with Gasteiger partial charge in [0.25, 0.3) is 0 Å². The van der Waals surface area contributed by atoms with Crippen LogP contribution in [0.25, 0.3) is 41.8 Å². The molecule has 0 amide bonds. The molecular weight excluding hydrogens is 488 g/mol. The highest BCUT2D eigenvalue weighted by molar-refractivity contribution is 5.66. The Morgan fingerprint density at radius 1 is 0.972 bits per heavy atom. The average molecular weight is 512 g/mol. The van der Waals surface area contributed by atoms with Gasteiger partial charge in [-0.2, -0.15) is 0 Å². The van der Waals surface area contributed by atoms with Gasteiger partial charge in [-0.1, -0.05) is 20.5 Å². The molecule has 0 aromatic heterocycles. The number of carbonyl (C=O) groups is 1. The third-order valence-electron chi connectivity index (χ3n) is 5.44. The minimum atomic E-state index is -1.70. The highest BCUT2D eigenvalue weighted by Gasteiger charge is 2.52. The molecule has 0 radical (unpaired) electrons. The number of carbonyl (C=O) groups excluding carboxylic acids is 1. The number of methoxy groups -OCH3 is 1. The third-order valence-corrected chi connectivity index (χ3v) is 5.44. The number of rotatable bonds is 11. The molecule has 1 aliphatic carbocycles. The Morgan fingerprint density at radius 3 is 2.17 bits per heavy atom. The lowest BCUT2D eigenvalue weighted by atomic mass is 9.84. The molecule has 0 spiro atoms. The zero-order chi connectivity index (χ0) is 26.7. The van der Waals surface area contributed by atoms with E-state index in [2.05, 4.69) is 40.1 Å². The van der Waals surface area contributed by atoms with Gasteiger partial charge in [-0.15, -0.1) is 0 Å². The minimum Gasteiger partial charge on any atom is -0.459 e. The Kier molecular flexibility index (Phi) is 11.3. The molecular formula is C16H24N12O8. The van der Waals surface area contributed by atoms with E-state index in [1.807, 2.05) is 0 Å². The molecule has 36 heavy (non-hydrogen) atoms. The Labute approximate surface area is 202 Å². The smallest absolute Gasteiger partial charge is 0.303 e. The second-order valence-corrected chi connectivity index (χ2v) is 7.63. The summed E-state index contributed by atoms with van der Waals surface area (Å²) < 4.78 is 27.5. The van der Waals surface area contributed by atoms with Crippen LogP contribution in [0.3, 0.4) is 0 Å². The summed E-state index contributed by atoms with van der Waals surface area (Å²) in [6.07, 6.45) is -10.0. The largest absolute Gasteiger partial charge is 0.459 e. The molecule has 0 bridgehead atoms. The van der Waals surface area contributed by atoms with Crippen molar-refractivity contribution >= 4 is 5.97 Å². The Morgan fingerprint density at radius 2 is 1.61 bits per heavy atom. The standard InChI is InChI=1S/C16H24N12O8/c1-6(29)34-13-7(22-26-18)3-8(23-27-19)14(15(13)33-5-32-2)36-16-10(24-28-20)12(31)11(30)9(35-16)4-21-25-17/h7-16,30-31H,3-5H2,1-2H3/t7-,8+,9-,10-,11-,12-,13+,14-,15-,16-/m1/s1. The molecule has 2 aliphatic rings. The van der Waals surface area contributed by atoms with Crippen molar-refractivity contribution in [3.05, 3.63) is 41.8 Å². The summed E-state index contributed by atoms with van der Waals surface area (Å²) in [6.45, 7) is 0.372. The van der Waals surface area contributed by atoms with Crippen molar-refractivity contribution in [2.75, 3.05) is 20.4 Å². The van der Waals surface area contributed by atoms with Crippen LogP contribution in [0.4, 0.5) is 0 Å². The third kappa shape index (κ3) is 7.00. The van der Waals surface area contributed by atoms with Gasteiger partial charge in [0.2, 0.25) is 0 Å². The van der Waals surface area contributed by atoms with E-state index in [4.69, 9.17) is 45.8 Å². The number of hydrogen-bond donors (Lipinski definition) is 2. The van der Waals surface area contributed by atoms with Gasteiger partial charge in [0.1, 0.15) is 31.1 Å². The molecule has 2 rings (SSSR count). The number of ether oxygens (including phenoxy) is 5. The fourth-order valence-electron chi connectivity index (χ4n) is 3.97. The molecule has 20 heteroatoms. The average Bonchev–Trinajstić information content (AvgIpc) is 2.84. The number of aliphatic hydroxyl groups is 2. The zero-order valence-electron chi connectivity index (χ0n) is 19.1. The van der Waals surface area contributed by atoms with Crippen LogP contribution >= 0.6 is 0 Å². The normalized spacial score (nSPS) is 35.7. The number of azide groups is 4. The van der Waals surface area contributed by atoms with Gasteiger partial charge in [-0.05, 0) is 28.5 Å². The highest BCUT2D eigenvalue weighted by Crippen LogP contribution is 2.35. The predicted octanol–water partition coefficient (Wildman–Crippen LogP) is 1.49. The van der Waals surface area contributed by atoms with E-state index in [9.17, 15) is 15.0 Å². The summed E-state index contributed by atoms with van der Waals surface area (Å²) in [5, 5.41) is 34.9. The van der Waals surface area contributed by atoms with Crippen molar-refractivity contribution in [2.45, 2.75) is 74.4 Å². The maximum absolute atomic E-state index is 11.8. The van der Waals surface area contributed by atoms with Gasteiger partial charge >= 0.3 is 5.97 Å². The van der Waals surface area contributed by atoms with Crippen molar-refractivity contribution < 1.29 is 38.7 Å². The molecule has 0 aromatic carbocycles. The van der Waals surface area contributed by atoms with Crippen molar-refractivity contribution in [2.24, 2.45) is 20.5 Å². The first-order chi connectivity index (χ1) is 17.3. The van der Waals surface area contributed by atoms with Crippen molar-refractivity contribution in [3.8, 4) is 0 Å². The lowest BCUT2D eigenvalue weighted by Crippen LogP contribution is -2.63. The van der Waals surface area contributed by atoms with Crippen molar-refractivity contribution in [1.29, 1.82) is 0 Å². The molecule has 0 aromatic rings. The molecule has 1 saturated carbocycles. The molecule has 1 aliphatic heterocycles. The first-order valence-electron chi connectivity index (χ1n) is 10.4. The lowest BCUT2D eigenvalue weighted by Gasteiger charge is -2.47. The first-order valence-corrected chi connectivity index (χ1v) is 10.4. The van der Waals surface area contributed by atoms with E-state index < -0.39 is 73.6 Å². The van der Waals surface area contributed by atoms with Gasteiger partial charge in [0.15, 0.2) is 6.29 Å². The first kappa shape index (κ1) is 28.7. The van der Waals surface area contributed by atoms with Crippen LogP contribution in [0.1, 0.15) is 13.3 Å². The molecule has 10 atom stereocenters. The summed E-state index contributed by atoms with van der Waals surface area (Å²) in [6, 6.07) is -3.61. The summed E-state index contributed by atoms with van der Waals surface area (Å²) in [5.41, 5.74) is 35.7. The minimum absolute atomic E-state index is 0.143. The van der Waals surface area contributed by atoms with Crippen LogP contribution in [-0.2, 0) is 28.5 Å². The second-order valence-electron chi connectivity index (χ2n) is 7.63. The molecule has 2 N–H and O–H groups in total. The van der Waals surface area contributed by atoms with Crippen LogP contribution < -0.4 is 0 Å². The van der Waals surface area contributed by atoms with Crippen molar-refractivity contribution in [1.82, 2.24) is 0 Å².